The first-order valence-electron chi connectivity index (χ1n) is 6.45. The SMILES string of the molecule is CCC(CCO)NC(c1cccnc1)C(C)C. The van der Waals surface area contributed by atoms with Crippen molar-refractivity contribution in [2.45, 2.75) is 45.7 Å². The van der Waals surface area contributed by atoms with Crippen LogP contribution in [0.4, 0.5) is 0 Å². The van der Waals surface area contributed by atoms with E-state index in [-0.39, 0.29) is 6.61 Å². The van der Waals surface area contributed by atoms with E-state index in [9.17, 15) is 0 Å². The highest BCUT2D eigenvalue weighted by molar-refractivity contribution is 5.14. The average molecular weight is 236 g/mol. The molecule has 3 heteroatoms. The van der Waals surface area contributed by atoms with Crippen LogP contribution in [0.5, 0.6) is 0 Å². The predicted octanol–water partition coefficient (Wildman–Crippen LogP) is 2.53. The number of aliphatic hydroxyl groups is 1. The largest absolute Gasteiger partial charge is 0.396 e. The van der Waals surface area contributed by atoms with Crippen molar-refractivity contribution < 1.29 is 5.11 Å². The third-order valence-electron chi connectivity index (χ3n) is 3.10. The molecule has 0 saturated heterocycles. The minimum absolute atomic E-state index is 0.239. The quantitative estimate of drug-likeness (QED) is 0.764. The van der Waals surface area contributed by atoms with Crippen molar-refractivity contribution in [2.24, 2.45) is 5.92 Å². The van der Waals surface area contributed by atoms with Crippen LogP contribution < -0.4 is 5.32 Å². The molecule has 0 aliphatic heterocycles. The lowest BCUT2D eigenvalue weighted by atomic mass is 9.95. The van der Waals surface area contributed by atoms with Crippen molar-refractivity contribution in [2.75, 3.05) is 6.61 Å². The summed E-state index contributed by atoms with van der Waals surface area (Å²) >= 11 is 0. The van der Waals surface area contributed by atoms with Crippen LogP contribution >= 0.6 is 0 Å². The summed E-state index contributed by atoms with van der Waals surface area (Å²) in [6.07, 6.45) is 5.55. The number of aromatic nitrogens is 1. The van der Waals surface area contributed by atoms with E-state index in [2.05, 4.69) is 37.1 Å². The summed E-state index contributed by atoms with van der Waals surface area (Å²) in [6, 6.07) is 4.75. The van der Waals surface area contributed by atoms with Crippen LogP contribution in [-0.4, -0.2) is 22.7 Å². The summed E-state index contributed by atoms with van der Waals surface area (Å²) in [7, 11) is 0. The van der Waals surface area contributed by atoms with E-state index >= 15 is 0 Å². The summed E-state index contributed by atoms with van der Waals surface area (Å²) < 4.78 is 0. The van der Waals surface area contributed by atoms with Gasteiger partial charge in [0, 0.05) is 31.1 Å². The molecule has 0 spiro atoms. The molecular formula is C14H24N2O. The van der Waals surface area contributed by atoms with Gasteiger partial charge in [-0.2, -0.15) is 0 Å². The molecule has 0 radical (unpaired) electrons. The molecule has 96 valence electrons. The molecule has 17 heavy (non-hydrogen) atoms. The molecule has 0 bridgehead atoms. The lowest BCUT2D eigenvalue weighted by molar-refractivity contribution is 0.246. The second-order valence-electron chi connectivity index (χ2n) is 4.79. The van der Waals surface area contributed by atoms with Gasteiger partial charge in [0.2, 0.25) is 0 Å². The molecule has 0 fully saturated rings. The molecule has 3 nitrogen and oxygen atoms in total. The summed E-state index contributed by atoms with van der Waals surface area (Å²) in [6.45, 7) is 6.80. The van der Waals surface area contributed by atoms with Gasteiger partial charge in [-0.3, -0.25) is 4.98 Å². The first-order chi connectivity index (χ1) is 8.19. The van der Waals surface area contributed by atoms with Gasteiger partial charge in [-0.15, -0.1) is 0 Å². The first-order valence-corrected chi connectivity index (χ1v) is 6.45. The van der Waals surface area contributed by atoms with Gasteiger partial charge in [-0.05, 0) is 30.4 Å². The van der Waals surface area contributed by atoms with Crippen LogP contribution in [0.1, 0.15) is 45.2 Å². The summed E-state index contributed by atoms with van der Waals surface area (Å²) in [5.41, 5.74) is 1.22. The minimum atomic E-state index is 0.239. The number of nitrogens with zero attached hydrogens (tertiary/aromatic N) is 1. The van der Waals surface area contributed by atoms with Gasteiger partial charge in [-0.1, -0.05) is 26.8 Å². The maximum Gasteiger partial charge on any atom is 0.0445 e. The Labute approximate surface area is 104 Å². The van der Waals surface area contributed by atoms with Gasteiger partial charge >= 0.3 is 0 Å². The van der Waals surface area contributed by atoms with Gasteiger partial charge in [0.25, 0.3) is 0 Å². The lowest BCUT2D eigenvalue weighted by Crippen LogP contribution is -2.35. The number of hydrogen-bond donors (Lipinski definition) is 2. The van der Waals surface area contributed by atoms with Crippen molar-refractivity contribution in [3.8, 4) is 0 Å². The van der Waals surface area contributed by atoms with Crippen LogP contribution in [0.3, 0.4) is 0 Å². The van der Waals surface area contributed by atoms with E-state index in [4.69, 9.17) is 5.11 Å². The second kappa shape index (κ2) is 7.41. The molecule has 2 N–H and O–H groups in total. The highest BCUT2D eigenvalue weighted by atomic mass is 16.3. The molecule has 1 aromatic rings. The maximum absolute atomic E-state index is 9.04. The Hall–Kier alpha value is -0.930. The van der Waals surface area contributed by atoms with Gasteiger partial charge in [0.15, 0.2) is 0 Å². The molecule has 1 aromatic heterocycles. The van der Waals surface area contributed by atoms with Gasteiger partial charge in [0.05, 0.1) is 0 Å². The number of pyridine rings is 1. The Morgan fingerprint density at radius 2 is 2.18 bits per heavy atom. The van der Waals surface area contributed by atoms with Gasteiger partial charge in [0.1, 0.15) is 0 Å². The highest BCUT2D eigenvalue weighted by Gasteiger charge is 2.18. The zero-order valence-corrected chi connectivity index (χ0v) is 11.1. The van der Waals surface area contributed by atoms with Crippen molar-refractivity contribution >= 4 is 0 Å². The zero-order chi connectivity index (χ0) is 12.7. The molecule has 2 unspecified atom stereocenters. The van der Waals surface area contributed by atoms with Crippen molar-refractivity contribution in [1.29, 1.82) is 0 Å². The number of rotatable bonds is 7. The Balaban J connectivity index is 2.73. The maximum atomic E-state index is 9.04. The Bertz CT molecular complexity index is 300. The fourth-order valence-corrected chi connectivity index (χ4v) is 2.05. The monoisotopic (exact) mass is 236 g/mol. The minimum Gasteiger partial charge on any atom is -0.396 e. The number of hydrogen-bond acceptors (Lipinski definition) is 3. The molecule has 0 saturated carbocycles. The van der Waals surface area contributed by atoms with Crippen LogP contribution in [-0.2, 0) is 0 Å². The van der Waals surface area contributed by atoms with E-state index in [1.54, 1.807) is 6.20 Å². The van der Waals surface area contributed by atoms with E-state index in [1.165, 1.54) is 5.56 Å². The Morgan fingerprint density at radius 1 is 1.41 bits per heavy atom. The van der Waals surface area contributed by atoms with Gasteiger partial charge < -0.3 is 10.4 Å². The predicted molar refractivity (Wildman–Crippen MR) is 70.7 cm³/mol. The molecule has 1 heterocycles. The molecule has 0 aliphatic rings. The smallest absolute Gasteiger partial charge is 0.0445 e. The third kappa shape index (κ3) is 4.44. The fraction of sp³-hybridized carbons (Fsp3) is 0.643. The van der Waals surface area contributed by atoms with Crippen LogP contribution in [0, 0.1) is 5.92 Å². The fourth-order valence-electron chi connectivity index (χ4n) is 2.05. The molecule has 0 aliphatic carbocycles. The number of aliphatic hydroxyl groups excluding tert-OH is 1. The van der Waals surface area contributed by atoms with Crippen molar-refractivity contribution in [1.82, 2.24) is 10.3 Å². The van der Waals surface area contributed by atoms with Crippen LogP contribution in [0.15, 0.2) is 24.5 Å². The Kier molecular flexibility index (Phi) is 6.16. The topological polar surface area (TPSA) is 45.1 Å². The van der Waals surface area contributed by atoms with Crippen molar-refractivity contribution in [3.63, 3.8) is 0 Å². The molecule has 0 aromatic carbocycles. The highest BCUT2D eigenvalue weighted by Crippen LogP contribution is 2.22. The summed E-state index contributed by atoms with van der Waals surface area (Å²) in [5, 5.41) is 12.7. The van der Waals surface area contributed by atoms with Gasteiger partial charge in [-0.25, -0.2) is 0 Å². The summed E-state index contributed by atoms with van der Waals surface area (Å²) in [4.78, 5) is 4.18. The molecule has 2 atom stereocenters. The average Bonchev–Trinajstić information content (AvgIpc) is 2.35. The van der Waals surface area contributed by atoms with E-state index in [1.807, 2.05) is 12.3 Å². The standard InChI is InChI=1S/C14H24N2O/c1-4-13(7-9-17)16-14(11(2)3)12-6-5-8-15-10-12/h5-6,8,10-11,13-14,16-17H,4,7,9H2,1-3H3. The first kappa shape index (κ1) is 14.1. The molecule has 1 rings (SSSR count). The number of nitrogens with one attached hydrogen (secondary N) is 1. The van der Waals surface area contributed by atoms with E-state index in [0.717, 1.165) is 12.8 Å². The Morgan fingerprint density at radius 3 is 2.65 bits per heavy atom. The van der Waals surface area contributed by atoms with Crippen LogP contribution in [0.2, 0.25) is 0 Å². The summed E-state index contributed by atoms with van der Waals surface area (Å²) in [5.74, 6) is 0.506. The molecule has 0 amide bonds. The zero-order valence-electron chi connectivity index (χ0n) is 11.1. The van der Waals surface area contributed by atoms with E-state index < -0.39 is 0 Å². The third-order valence-corrected chi connectivity index (χ3v) is 3.10. The molecular weight excluding hydrogens is 212 g/mol. The lowest BCUT2D eigenvalue weighted by Gasteiger charge is -2.27. The van der Waals surface area contributed by atoms with Crippen LogP contribution in [0.25, 0.3) is 0 Å². The normalized spacial score (nSPS) is 14.9. The second-order valence-corrected chi connectivity index (χ2v) is 4.79. The van der Waals surface area contributed by atoms with E-state index in [0.29, 0.717) is 18.0 Å². The van der Waals surface area contributed by atoms with Crippen molar-refractivity contribution in [3.05, 3.63) is 30.1 Å².